The zero-order valence-electron chi connectivity index (χ0n) is 8.77. The second-order valence-corrected chi connectivity index (χ2v) is 3.00. The molecule has 1 N–H and O–H groups in total. The lowest BCUT2D eigenvalue weighted by Gasteiger charge is -2.13. The van der Waals surface area contributed by atoms with Crippen molar-refractivity contribution in [2.24, 2.45) is 0 Å². The predicted molar refractivity (Wildman–Crippen MR) is 49.9 cm³/mol. The molecular weight excluding hydrogens is 278 g/mol. The summed E-state index contributed by atoms with van der Waals surface area (Å²) >= 11 is 0. The van der Waals surface area contributed by atoms with Crippen LogP contribution in [-0.4, -0.2) is 54.8 Å². The van der Waals surface area contributed by atoms with Crippen LogP contribution in [0.4, 0.5) is 0 Å². The zero-order chi connectivity index (χ0) is 15.4. The molecule has 15 nitrogen and oxygen atoms in total. The van der Waals surface area contributed by atoms with Crippen molar-refractivity contribution in [3.05, 3.63) is 40.5 Å². The molecule has 0 heterocycles. The summed E-state index contributed by atoms with van der Waals surface area (Å²) in [6, 6.07) is 0. The van der Waals surface area contributed by atoms with E-state index in [0.29, 0.717) is 0 Å². The molecular formula is C4H5N5O10. The molecule has 0 amide bonds. The normalized spacial score (nSPS) is 10.5. The Morgan fingerprint density at radius 3 is 1.58 bits per heavy atom. The molecule has 0 aromatic carbocycles. The number of hydrazine groups is 1. The van der Waals surface area contributed by atoms with Crippen molar-refractivity contribution in [2.45, 2.75) is 5.79 Å². The minimum Gasteiger partial charge on any atom is -0.480 e. The van der Waals surface area contributed by atoms with E-state index in [4.69, 9.17) is 5.11 Å². The van der Waals surface area contributed by atoms with E-state index in [2.05, 4.69) is 0 Å². The Morgan fingerprint density at radius 2 is 1.37 bits per heavy atom. The van der Waals surface area contributed by atoms with Crippen LogP contribution in [0, 0.1) is 40.5 Å². The van der Waals surface area contributed by atoms with Gasteiger partial charge >= 0.3 is 11.8 Å². The van der Waals surface area contributed by atoms with Crippen LogP contribution in [-0.2, 0) is 4.79 Å². The molecule has 0 aliphatic rings. The Morgan fingerprint density at radius 1 is 1.00 bits per heavy atom. The minimum absolute atomic E-state index is 0.503. The Hall–Kier alpha value is -3.13. The summed E-state index contributed by atoms with van der Waals surface area (Å²) in [5.41, 5.74) is 0. The van der Waals surface area contributed by atoms with Crippen LogP contribution in [0.2, 0.25) is 0 Å². The maximum atomic E-state index is 10.5. The van der Waals surface area contributed by atoms with E-state index in [9.17, 15) is 45.3 Å². The summed E-state index contributed by atoms with van der Waals surface area (Å²) in [6.45, 7) is -3.43. The lowest BCUT2D eigenvalue weighted by molar-refractivity contribution is -0.973. The van der Waals surface area contributed by atoms with E-state index in [-0.39, 0.29) is 0 Å². The number of carbonyl (C=O) groups is 1. The molecule has 0 saturated carbocycles. The molecule has 0 fully saturated rings. The van der Waals surface area contributed by atoms with Crippen molar-refractivity contribution in [3.63, 3.8) is 0 Å². The molecule has 0 atom stereocenters. The number of aliphatic carboxylic acids is 1. The van der Waals surface area contributed by atoms with Crippen LogP contribution in [0.25, 0.3) is 0 Å². The van der Waals surface area contributed by atoms with Crippen LogP contribution in [0.5, 0.6) is 0 Å². The second-order valence-electron chi connectivity index (χ2n) is 3.00. The van der Waals surface area contributed by atoms with Gasteiger partial charge in [-0.1, -0.05) is 5.01 Å². The molecule has 0 rings (SSSR count). The van der Waals surface area contributed by atoms with Gasteiger partial charge in [-0.2, -0.15) is 0 Å². The van der Waals surface area contributed by atoms with Crippen LogP contribution in [0.3, 0.4) is 0 Å². The van der Waals surface area contributed by atoms with Crippen LogP contribution in [0.15, 0.2) is 0 Å². The highest BCUT2D eigenvalue weighted by Gasteiger charge is 2.73. The summed E-state index contributed by atoms with van der Waals surface area (Å²) in [6.07, 6.45) is 0. The first kappa shape index (κ1) is 15.9. The van der Waals surface area contributed by atoms with Crippen molar-refractivity contribution >= 4 is 5.97 Å². The third kappa shape index (κ3) is 3.17. The van der Waals surface area contributed by atoms with Gasteiger partial charge in [0.2, 0.25) is 0 Å². The predicted octanol–water partition coefficient (Wildman–Crippen LogP) is -1.95. The number of hydrogen-bond donors (Lipinski definition) is 1. The molecule has 0 aromatic rings. The first-order valence-electron chi connectivity index (χ1n) is 4.10. The molecule has 0 aromatic heterocycles. The molecule has 15 heteroatoms. The fourth-order valence-corrected chi connectivity index (χ4v) is 0.946. The maximum absolute atomic E-state index is 10.5. The Bertz CT molecular complexity index is 409. The average molecular weight is 283 g/mol. The molecule has 106 valence electrons. The summed E-state index contributed by atoms with van der Waals surface area (Å²) in [7, 11) is 0. The van der Waals surface area contributed by atoms with Crippen molar-refractivity contribution < 1.29 is 29.7 Å². The van der Waals surface area contributed by atoms with E-state index in [0.717, 1.165) is 0 Å². The van der Waals surface area contributed by atoms with Gasteiger partial charge in [0.05, 0.1) is 0 Å². The third-order valence-corrected chi connectivity index (χ3v) is 1.82. The van der Waals surface area contributed by atoms with Gasteiger partial charge < -0.3 is 5.11 Å². The highest BCUT2D eigenvalue weighted by Crippen LogP contribution is 2.14. The van der Waals surface area contributed by atoms with Gasteiger partial charge in [-0.25, -0.2) is 10.1 Å². The lowest BCUT2D eigenvalue weighted by atomic mass is 10.3. The molecule has 0 radical (unpaired) electrons. The minimum atomic E-state index is -4.12. The molecule has 0 bridgehead atoms. The first-order chi connectivity index (χ1) is 8.55. The van der Waals surface area contributed by atoms with Crippen molar-refractivity contribution in [1.29, 1.82) is 0 Å². The number of carboxylic acid groups (broad SMARTS) is 1. The van der Waals surface area contributed by atoms with Crippen LogP contribution < -0.4 is 0 Å². The Kier molecular flexibility index (Phi) is 4.57. The standard InChI is InChI=1S/C4H5N5O10/c10-3(11)1-5(9(18)19)2-4(6(12)13,7(14)15)8(16)17/h1-2H2,(H,10,11). The van der Waals surface area contributed by atoms with Gasteiger partial charge in [-0.15, -0.1) is 0 Å². The largest absolute Gasteiger partial charge is 0.723 e. The van der Waals surface area contributed by atoms with Gasteiger partial charge in [0.1, 0.15) is 0 Å². The van der Waals surface area contributed by atoms with Crippen molar-refractivity contribution in [1.82, 2.24) is 5.01 Å². The van der Waals surface area contributed by atoms with E-state index in [1.54, 1.807) is 0 Å². The van der Waals surface area contributed by atoms with E-state index in [1.165, 1.54) is 0 Å². The molecule has 0 saturated heterocycles. The van der Waals surface area contributed by atoms with Crippen molar-refractivity contribution in [3.8, 4) is 0 Å². The van der Waals surface area contributed by atoms with Gasteiger partial charge in [-0.3, -0.25) is 35.1 Å². The smallest absolute Gasteiger partial charge is 0.480 e. The van der Waals surface area contributed by atoms with Crippen LogP contribution >= 0.6 is 0 Å². The zero-order valence-corrected chi connectivity index (χ0v) is 8.77. The summed E-state index contributed by atoms with van der Waals surface area (Å²) in [4.78, 5) is 46.2. The molecule has 0 aliphatic carbocycles. The van der Waals surface area contributed by atoms with Gasteiger partial charge in [-0.05, 0) is 0 Å². The number of rotatable bonds is 8. The van der Waals surface area contributed by atoms with Gasteiger partial charge in [0, 0.05) is 0 Å². The third-order valence-electron chi connectivity index (χ3n) is 1.82. The van der Waals surface area contributed by atoms with Crippen molar-refractivity contribution in [2.75, 3.05) is 13.1 Å². The maximum Gasteiger partial charge on any atom is 0.723 e. The van der Waals surface area contributed by atoms with Gasteiger partial charge in [0.25, 0.3) is 6.54 Å². The Balaban J connectivity index is 5.58. The molecule has 0 spiro atoms. The van der Waals surface area contributed by atoms with Gasteiger partial charge in [0.15, 0.2) is 26.3 Å². The lowest BCUT2D eigenvalue weighted by Crippen LogP contribution is -2.61. The van der Waals surface area contributed by atoms with E-state index in [1.807, 2.05) is 0 Å². The highest BCUT2D eigenvalue weighted by atomic mass is 16.7. The SMILES string of the molecule is O=C(O)CN(CC([N+](=O)[O-])([N+](=O)[O-])[N+](=O)[O-])[N+](=O)[O-]. The second kappa shape index (κ2) is 5.47. The number of nitrogens with zero attached hydrogens (tertiary/aromatic N) is 5. The summed E-state index contributed by atoms with van der Waals surface area (Å²) in [5.74, 6) is -5.97. The summed E-state index contributed by atoms with van der Waals surface area (Å²) in [5, 5.41) is 48.1. The van der Waals surface area contributed by atoms with E-state index < -0.39 is 49.7 Å². The van der Waals surface area contributed by atoms with Crippen LogP contribution in [0.1, 0.15) is 0 Å². The fourth-order valence-electron chi connectivity index (χ4n) is 0.946. The Labute approximate surface area is 101 Å². The monoisotopic (exact) mass is 283 g/mol. The number of hydrogen-bond acceptors (Lipinski definition) is 9. The average Bonchev–Trinajstić information content (AvgIpc) is 2.21. The molecule has 0 unspecified atom stereocenters. The number of nitro groups is 4. The topological polar surface area (TPSA) is 213 Å². The van der Waals surface area contributed by atoms with E-state index >= 15 is 0 Å². The summed E-state index contributed by atoms with van der Waals surface area (Å²) < 4.78 is 0. The fraction of sp³-hybridized carbons (Fsp3) is 0.750. The molecule has 19 heavy (non-hydrogen) atoms. The first-order valence-corrected chi connectivity index (χ1v) is 4.10. The highest BCUT2D eigenvalue weighted by molar-refractivity contribution is 5.68. The quantitative estimate of drug-likeness (QED) is 0.293. The molecule has 0 aliphatic heterocycles. The number of carboxylic acids is 1.